The Labute approximate surface area is 227 Å². The number of para-hydroxylation sites is 1. The van der Waals surface area contributed by atoms with Gasteiger partial charge in [0, 0.05) is 30.5 Å². The molecule has 0 radical (unpaired) electrons. The van der Waals surface area contributed by atoms with Crippen molar-refractivity contribution in [3.63, 3.8) is 0 Å². The van der Waals surface area contributed by atoms with Gasteiger partial charge >= 0.3 is 12.0 Å². The molecular weight excluding hydrogens is 486 g/mol. The first-order chi connectivity index (χ1) is 19.0. The molecule has 0 heterocycles. The summed E-state index contributed by atoms with van der Waals surface area (Å²) >= 11 is 0. The second-order valence-corrected chi connectivity index (χ2v) is 9.40. The summed E-state index contributed by atoms with van der Waals surface area (Å²) in [4.78, 5) is 26.4. The van der Waals surface area contributed by atoms with Crippen LogP contribution in [0.5, 0.6) is 0 Å². The largest absolute Gasteiger partial charge is 0.480 e. The summed E-state index contributed by atoms with van der Waals surface area (Å²) in [5.74, 6) is -0.902. The molecule has 6 nitrogen and oxygen atoms in total. The smallest absolute Gasteiger partial charge is 0.326 e. The van der Waals surface area contributed by atoms with Crippen LogP contribution in [0.15, 0.2) is 121 Å². The predicted octanol–water partition coefficient (Wildman–Crippen LogP) is 7.28. The van der Waals surface area contributed by atoms with Crippen LogP contribution in [-0.2, 0) is 11.2 Å². The van der Waals surface area contributed by atoms with Gasteiger partial charge in [-0.2, -0.15) is 0 Å². The Hall–Kier alpha value is -5.10. The zero-order valence-corrected chi connectivity index (χ0v) is 21.5. The van der Waals surface area contributed by atoms with Gasteiger partial charge in [0.15, 0.2) is 0 Å². The van der Waals surface area contributed by atoms with Crippen molar-refractivity contribution < 1.29 is 14.7 Å². The Morgan fingerprint density at radius 2 is 1.44 bits per heavy atom. The van der Waals surface area contributed by atoms with Crippen LogP contribution in [0.2, 0.25) is 0 Å². The summed E-state index contributed by atoms with van der Waals surface area (Å²) in [6, 6.07) is 37.9. The van der Waals surface area contributed by atoms with E-state index in [9.17, 15) is 14.7 Å². The molecule has 2 amide bonds. The molecule has 194 valence electrons. The Balaban J connectivity index is 1.26. The molecule has 5 aromatic rings. The Kier molecular flexibility index (Phi) is 7.55. The summed E-state index contributed by atoms with van der Waals surface area (Å²) in [6.45, 7) is 0. The minimum atomic E-state index is -0.902. The molecule has 0 saturated heterocycles. The molecule has 0 aliphatic rings. The lowest BCUT2D eigenvalue weighted by molar-refractivity contribution is -0.137. The number of urea groups is 1. The molecule has 0 aliphatic heterocycles. The van der Waals surface area contributed by atoms with Gasteiger partial charge in [-0.1, -0.05) is 84.9 Å². The molecule has 3 N–H and O–H groups in total. The Morgan fingerprint density at radius 1 is 0.718 bits per heavy atom. The fraction of sp³-hybridized carbons (Fsp3) is 0.0909. The van der Waals surface area contributed by atoms with Gasteiger partial charge in [0.05, 0.1) is 0 Å². The minimum absolute atomic E-state index is 0.233. The quantitative estimate of drug-likeness (QED) is 0.203. The molecule has 0 spiro atoms. The average Bonchev–Trinajstić information content (AvgIpc) is 2.97. The molecule has 1 unspecified atom stereocenters. The van der Waals surface area contributed by atoms with Gasteiger partial charge in [0.2, 0.25) is 0 Å². The van der Waals surface area contributed by atoms with E-state index in [0.717, 1.165) is 44.5 Å². The monoisotopic (exact) mass is 515 g/mol. The number of fused-ring (bicyclic) bond motifs is 1. The molecule has 39 heavy (non-hydrogen) atoms. The van der Waals surface area contributed by atoms with Crippen LogP contribution in [-0.4, -0.2) is 30.2 Å². The highest BCUT2D eigenvalue weighted by molar-refractivity contribution is 6.02. The van der Waals surface area contributed by atoms with E-state index in [2.05, 4.69) is 10.6 Å². The maximum absolute atomic E-state index is 13.0. The van der Waals surface area contributed by atoms with Gasteiger partial charge in [-0.3, -0.25) is 4.90 Å². The van der Waals surface area contributed by atoms with Crippen molar-refractivity contribution in [2.75, 3.05) is 22.6 Å². The molecule has 0 bridgehead atoms. The van der Waals surface area contributed by atoms with E-state index >= 15 is 0 Å². The van der Waals surface area contributed by atoms with Crippen molar-refractivity contribution in [2.45, 2.75) is 12.5 Å². The topological polar surface area (TPSA) is 81.7 Å². The number of carboxylic acids is 1. The molecule has 6 heteroatoms. The second kappa shape index (κ2) is 11.5. The number of nitrogens with zero attached hydrogens (tertiary/aromatic N) is 1. The van der Waals surface area contributed by atoms with E-state index in [0.29, 0.717) is 6.42 Å². The zero-order chi connectivity index (χ0) is 27.2. The summed E-state index contributed by atoms with van der Waals surface area (Å²) in [6.07, 6.45) is 0.349. The van der Waals surface area contributed by atoms with Gasteiger partial charge in [-0.25, -0.2) is 9.59 Å². The number of hydrogen-bond acceptors (Lipinski definition) is 3. The van der Waals surface area contributed by atoms with E-state index in [-0.39, 0.29) is 6.03 Å². The Bertz CT molecular complexity index is 1600. The number of rotatable bonds is 8. The third kappa shape index (κ3) is 6.25. The normalized spacial score (nSPS) is 11.5. The highest BCUT2D eigenvalue weighted by Crippen LogP contribution is 2.26. The van der Waals surface area contributed by atoms with E-state index in [1.807, 2.05) is 121 Å². The first kappa shape index (κ1) is 25.5. The summed E-state index contributed by atoms with van der Waals surface area (Å²) < 4.78 is 0. The van der Waals surface area contributed by atoms with Crippen LogP contribution in [0.4, 0.5) is 21.9 Å². The van der Waals surface area contributed by atoms with Gasteiger partial charge in [-0.05, 0) is 63.9 Å². The third-order valence-corrected chi connectivity index (χ3v) is 6.68. The predicted molar refractivity (Wildman–Crippen MR) is 158 cm³/mol. The molecular formula is C33H29N3O3. The summed E-state index contributed by atoms with van der Waals surface area (Å²) in [5, 5.41) is 17.9. The molecule has 0 aliphatic carbocycles. The number of amides is 2. The lowest BCUT2D eigenvalue weighted by Crippen LogP contribution is -2.31. The van der Waals surface area contributed by atoms with Gasteiger partial charge in [0.1, 0.15) is 6.04 Å². The number of carbonyl (C=O) groups is 2. The first-order valence-electron chi connectivity index (χ1n) is 12.7. The second-order valence-electron chi connectivity index (χ2n) is 9.40. The molecule has 0 fully saturated rings. The zero-order valence-electron chi connectivity index (χ0n) is 21.5. The number of anilines is 3. The fourth-order valence-electron chi connectivity index (χ4n) is 4.49. The maximum atomic E-state index is 13.0. The highest BCUT2D eigenvalue weighted by atomic mass is 16.4. The van der Waals surface area contributed by atoms with Gasteiger partial charge in [0.25, 0.3) is 0 Å². The lowest BCUT2D eigenvalue weighted by Gasteiger charge is -2.19. The molecule has 5 aromatic carbocycles. The van der Waals surface area contributed by atoms with Crippen LogP contribution in [0.1, 0.15) is 5.56 Å². The van der Waals surface area contributed by atoms with Crippen LogP contribution in [0.25, 0.3) is 21.9 Å². The Morgan fingerprint density at radius 3 is 2.18 bits per heavy atom. The van der Waals surface area contributed by atoms with Crippen LogP contribution < -0.4 is 15.5 Å². The van der Waals surface area contributed by atoms with Crippen molar-refractivity contribution in [3.8, 4) is 11.1 Å². The molecule has 0 saturated carbocycles. The number of aliphatic carboxylic acids is 1. The average molecular weight is 516 g/mol. The number of nitrogens with one attached hydrogen (secondary N) is 2. The van der Waals surface area contributed by atoms with Crippen LogP contribution in [0, 0.1) is 0 Å². The fourth-order valence-corrected chi connectivity index (χ4v) is 4.49. The van der Waals surface area contributed by atoms with E-state index in [4.69, 9.17) is 0 Å². The number of carbonyl (C=O) groups excluding carboxylic acids is 1. The maximum Gasteiger partial charge on any atom is 0.326 e. The lowest BCUT2D eigenvalue weighted by atomic mass is 10.00. The molecule has 1 atom stereocenters. The van der Waals surface area contributed by atoms with E-state index < -0.39 is 12.0 Å². The van der Waals surface area contributed by atoms with E-state index in [1.165, 1.54) is 0 Å². The van der Waals surface area contributed by atoms with Crippen molar-refractivity contribution >= 4 is 39.8 Å². The molecule has 5 rings (SSSR count). The van der Waals surface area contributed by atoms with Gasteiger partial charge < -0.3 is 15.7 Å². The summed E-state index contributed by atoms with van der Waals surface area (Å²) in [7, 11) is 1.74. The van der Waals surface area contributed by atoms with Gasteiger partial charge in [-0.15, -0.1) is 0 Å². The SMILES string of the molecule is CN(C(=O)Nc1ccc2ccccc2c1)c1cccc(-c2ccc(CC(Nc3ccccc3)C(=O)O)cc2)c1. The van der Waals surface area contributed by atoms with Crippen molar-refractivity contribution in [3.05, 3.63) is 127 Å². The standard InChI is InChI=1S/C33H29N3O3/c1-36(33(39)35-29-19-18-24-8-5-6-9-26(24)21-29)30-13-7-10-27(22-30)25-16-14-23(15-17-25)20-31(32(37)38)34-28-11-3-2-4-12-28/h2-19,21-22,31,34H,20H2,1H3,(H,35,39)(H,37,38). The van der Waals surface area contributed by atoms with Crippen molar-refractivity contribution in [1.82, 2.24) is 0 Å². The van der Waals surface area contributed by atoms with Crippen molar-refractivity contribution in [2.24, 2.45) is 0 Å². The number of carboxylic acid groups (broad SMARTS) is 1. The third-order valence-electron chi connectivity index (χ3n) is 6.68. The van der Waals surface area contributed by atoms with Crippen molar-refractivity contribution in [1.29, 1.82) is 0 Å². The van der Waals surface area contributed by atoms with Crippen LogP contribution >= 0.6 is 0 Å². The minimum Gasteiger partial charge on any atom is -0.480 e. The number of benzene rings is 5. The first-order valence-corrected chi connectivity index (χ1v) is 12.7. The number of hydrogen-bond donors (Lipinski definition) is 3. The van der Waals surface area contributed by atoms with Crippen LogP contribution in [0.3, 0.4) is 0 Å². The summed E-state index contributed by atoms with van der Waals surface area (Å²) in [5.41, 5.74) is 5.12. The highest BCUT2D eigenvalue weighted by Gasteiger charge is 2.18. The van der Waals surface area contributed by atoms with E-state index in [1.54, 1.807) is 11.9 Å². The molecule has 0 aromatic heterocycles.